The molecule has 4 aromatic rings. The number of ether oxygens (including phenoxy) is 2. The van der Waals surface area contributed by atoms with Crippen LogP contribution in [0.1, 0.15) is 42.2 Å². The van der Waals surface area contributed by atoms with Crippen molar-refractivity contribution >= 4 is 34.4 Å². The highest BCUT2D eigenvalue weighted by atomic mass is 16.5. The molecule has 35 heavy (non-hydrogen) atoms. The minimum absolute atomic E-state index is 0.101. The summed E-state index contributed by atoms with van der Waals surface area (Å²) in [6.07, 6.45) is 1.66. The molecule has 0 saturated heterocycles. The normalized spacial score (nSPS) is 10.6. The number of hydrogen-bond donors (Lipinski definition) is 1. The first-order chi connectivity index (χ1) is 16.8. The Morgan fingerprint density at radius 3 is 2.29 bits per heavy atom. The van der Waals surface area contributed by atoms with Crippen LogP contribution in [0.2, 0.25) is 0 Å². The van der Waals surface area contributed by atoms with E-state index < -0.39 is 17.8 Å². The molecule has 8 heteroatoms. The van der Waals surface area contributed by atoms with Crippen molar-refractivity contribution in [1.82, 2.24) is 9.97 Å². The molecule has 2 aromatic heterocycles. The van der Waals surface area contributed by atoms with Gasteiger partial charge in [-0.1, -0.05) is 18.2 Å². The van der Waals surface area contributed by atoms with Crippen molar-refractivity contribution in [2.24, 2.45) is 0 Å². The molecule has 2 aromatic carbocycles. The molecule has 0 fully saturated rings. The van der Waals surface area contributed by atoms with Gasteiger partial charge in [0.1, 0.15) is 0 Å². The SMILES string of the molecule is COC(=O)c1ccc(C(=O)OC)c(NC(=O)c2cc(-c3ccccn3)nc3c(C)c(C)ccc23)c1. The Bertz CT molecular complexity index is 1470. The minimum Gasteiger partial charge on any atom is -0.465 e. The van der Waals surface area contributed by atoms with Crippen LogP contribution in [0.3, 0.4) is 0 Å². The summed E-state index contributed by atoms with van der Waals surface area (Å²) in [4.78, 5) is 47.1. The van der Waals surface area contributed by atoms with Crippen LogP contribution >= 0.6 is 0 Å². The molecule has 0 saturated carbocycles. The third kappa shape index (κ3) is 4.59. The third-order valence-corrected chi connectivity index (χ3v) is 5.77. The maximum absolute atomic E-state index is 13.6. The number of pyridine rings is 2. The number of carbonyl (C=O) groups is 3. The average molecular weight is 469 g/mol. The number of hydrogen-bond acceptors (Lipinski definition) is 7. The van der Waals surface area contributed by atoms with Crippen molar-refractivity contribution in [3.8, 4) is 11.4 Å². The maximum Gasteiger partial charge on any atom is 0.339 e. The van der Waals surface area contributed by atoms with Gasteiger partial charge in [-0.25, -0.2) is 14.6 Å². The Morgan fingerprint density at radius 1 is 0.829 bits per heavy atom. The number of rotatable bonds is 5. The molecule has 1 N–H and O–H groups in total. The lowest BCUT2D eigenvalue weighted by Crippen LogP contribution is -2.17. The van der Waals surface area contributed by atoms with E-state index in [0.29, 0.717) is 27.9 Å². The van der Waals surface area contributed by atoms with Gasteiger partial charge in [0.05, 0.1) is 53.5 Å². The summed E-state index contributed by atoms with van der Waals surface area (Å²) >= 11 is 0. The molecule has 176 valence electrons. The second-order valence-corrected chi connectivity index (χ2v) is 7.87. The van der Waals surface area contributed by atoms with E-state index in [1.54, 1.807) is 18.3 Å². The highest BCUT2D eigenvalue weighted by molar-refractivity contribution is 6.15. The highest BCUT2D eigenvalue weighted by Crippen LogP contribution is 2.29. The summed E-state index contributed by atoms with van der Waals surface area (Å²) in [6, 6.07) is 15.1. The molecule has 0 aliphatic carbocycles. The van der Waals surface area contributed by atoms with E-state index in [4.69, 9.17) is 14.5 Å². The van der Waals surface area contributed by atoms with E-state index in [1.165, 1.54) is 32.4 Å². The van der Waals surface area contributed by atoms with Gasteiger partial charge < -0.3 is 14.8 Å². The van der Waals surface area contributed by atoms with Crippen molar-refractivity contribution < 1.29 is 23.9 Å². The Labute approximate surface area is 201 Å². The third-order valence-electron chi connectivity index (χ3n) is 5.77. The van der Waals surface area contributed by atoms with Crippen LogP contribution in [-0.2, 0) is 9.47 Å². The largest absolute Gasteiger partial charge is 0.465 e. The van der Waals surface area contributed by atoms with Gasteiger partial charge in [0.25, 0.3) is 5.91 Å². The van der Waals surface area contributed by atoms with Crippen molar-refractivity contribution in [3.63, 3.8) is 0 Å². The molecule has 0 aliphatic rings. The molecule has 0 unspecified atom stereocenters. The molecule has 0 atom stereocenters. The van der Waals surface area contributed by atoms with Crippen LogP contribution in [-0.4, -0.2) is 42.0 Å². The van der Waals surface area contributed by atoms with Crippen LogP contribution in [0.15, 0.2) is 60.8 Å². The van der Waals surface area contributed by atoms with Crippen LogP contribution in [0.25, 0.3) is 22.3 Å². The fourth-order valence-corrected chi connectivity index (χ4v) is 3.73. The number of methoxy groups -OCH3 is 2. The fourth-order valence-electron chi connectivity index (χ4n) is 3.73. The van der Waals surface area contributed by atoms with Gasteiger partial charge in [-0.15, -0.1) is 0 Å². The predicted octanol–water partition coefficient (Wildman–Crippen LogP) is 4.74. The predicted molar refractivity (Wildman–Crippen MR) is 132 cm³/mol. The van der Waals surface area contributed by atoms with E-state index in [0.717, 1.165) is 11.1 Å². The van der Waals surface area contributed by atoms with E-state index in [9.17, 15) is 14.4 Å². The second-order valence-electron chi connectivity index (χ2n) is 7.87. The molecule has 4 rings (SSSR count). The minimum atomic E-state index is -0.656. The molecular formula is C27H23N3O5. The highest BCUT2D eigenvalue weighted by Gasteiger charge is 2.21. The molecule has 0 spiro atoms. The molecule has 2 heterocycles. The first-order valence-electron chi connectivity index (χ1n) is 10.8. The number of anilines is 1. The monoisotopic (exact) mass is 469 g/mol. The van der Waals surface area contributed by atoms with Crippen molar-refractivity contribution in [2.45, 2.75) is 13.8 Å². The zero-order valence-electron chi connectivity index (χ0n) is 19.7. The molecular weight excluding hydrogens is 446 g/mol. The number of nitrogens with zero attached hydrogens (tertiary/aromatic N) is 2. The summed E-state index contributed by atoms with van der Waals surface area (Å²) in [5.41, 5.74) is 4.55. The van der Waals surface area contributed by atoms with Gasteiger partial charge in [0.15, 0.2) is 0 Å². The molecule has 8 nitrogen and oxygen atoms in total. The van der Waals surface area contributed by atoms with E-state index >= 15 is 0 Å². The second kappa shape index (κ2) is 9.72. The maximum atomic E-state index is 13.6. The van der Waals surface area contributed by atoms with Gasteiger partial charge in [0, 0.05) is 11.6 Å². The lowest BCUT2D eigenvalue weighted by atomic mass is 9.99. The van der Waals surface area contributed by atoms with Gasteiger partial charge in [-0.2, -0.15) is 0 Å². The summed E-state index contributed by atoms with van der Waals surface area (Å²) in [5.74, 6) is -1.74. The summed E-state index contributed by atoms with van der Waals surface area (Å²) < 4.78 is 9.61. The molecule has 1 amide bonds. The first kappa shape index (κ1) is 23.6. The quantitative estimate of drug-likeness (QED) is 0.421. The Kier molecular flexibility index (Phi) is 6.55. The fraction of sp³-hybridized carbons (Fsp3) is 0.148. The van der Waals surface area contributed by atoms with Crippen LogP contribution in [0.5, 0.6) is 0 Å². The summed E-state index contributed by atoms with van der Waals surface area (Å²) in [5, 5.41) is 3.42. The van der Waals surface area contributed by atoms with Crippen molar-refractivity contribution in [2.75, 3.05) is 19.5 Å². The van der Waals surface area contributed by atoms with Crippen LogP contribution < -0.4 is 5.32 Å². The Morgan fingerprint density at radius 2 is 1.60 bits per heavy atom. The number of fused-ring (bicyclic) bond motifs is 1. The standard InChI is InChI=1S/C27H23N3O5/c1-15-8-10-18-20(14-23(29-24(18)16(15)2)21-7-5-6-12-28-21)25(31)30-22-13-17(26(32)34-3)9-11-19(22)27(33)35-4/h5-14H,1-4H3,(H,30,31). The van der Waals surface area contributed by atoms with E-state index in [2.05, 4.69) is 10.3 Å². The van der Waals surface area contributed by atoms with Crippen molar-refractivity contribution in [1.29, 1.82) is 0 Å². The Balaban J connectivity index is 1.87. The van der Waals surface area contributed by atoms with Crippen LogP contribution in [0, 0.1) is 13.8 Å². The number of aryl methyl sites for hydroxylation is 2. The molecule has 0 bridgehead atoms. The summed E-state index contributed by atoms with van der Waals surface area (Å²) in [7, 11) is 2.49. The van der Waals surface area contributed by atoms with E-state index in [-0.39, 0.29) is 16.8 Å². The first-order valence-corrected chi connectivity index (χ1v) is 10.8. The van der Waals surface area contributed by atoms with Gasteiger partial charge in [0.2, 0.25) is 0 Å². The van der Waals surface area contributed by atoms with Gasteiger partial charge in [-0.05, 0) is 61.4 Å². The smallest absolute Gasteiger partial charge is 0.339 e. The Hall–Kier alpha value is -4.59. The molecule has 0 aliphatic heterocycles. The zero-order valence-corrected chi connectivity index (χ0v) is 19.7. The van der Waals surface area contributed by atoms with E-state index in [1.807, 2.05) is 38.1 Å². The number of esters is 2. The lowest BCUT2D eigenvalue weighted by molar-refractivity contribution is 0.0587. The number of aromatic nitrogens is 2. The average Bonchev–Trinajstić information content (AvgIpc) is 2.89. The topological polar surface area (TPSA) is 107 Å². The number of nitrogens with one attached hydrogen (secondary N) is 1. The number of benzene rings is 2. The molecule has 0 radical (unpaired) electrons. The number of carbonyl (C=O) groups excluding carboxylic acids is 3. The summed E-state index contributed by atoms with van der Waals surface area (Å²) in [6.45, 7) is 3.92. The number of amides is 1. The van der Waals surface area contributed by atoms with Crippen LogP contribution in [0.4, 0.5) is 5.69 Å². The van der Waals surface area contributed by atoms with Crippen molar-refractivity contribution in [3.05, 3.63) is 88.6 Å². The van der Waals surface area contributed by atoms with Gasteiger partial charge >= 0.3 is 11.9 Å². The lowest BCUT2D eigenvalue weighted by Gasteiger charge is -2.15. The van der Waals surface area contributed by atoms with Gasteiger partial charge in [-0.3, -0.25) is 9.78 Å². The zero-order chi connectivity index (χ0) is 25.1.